The van der Waals surface area contributed by atoms with Crippen molar-refractivity contribution in [2.45, 2.75) is 13.1 Å². The van der Waals surface area contributed by atoms with Crippen LogP contribution in [0.3, 0.4) is 0 Å². The van der Waals surface area contributed by atoms with Crippen molar-refractivity contribution in [1.82, 2.24) is 0 Å². The second-order valence-electron chi connectivity index (χ2n) is 3.48. The van der Waals surface area contributed by atoms with Crippen molar-refractivity contribution in [2.24, 2.45) is 0 Å². The van der Waals surface area contributed by atoms with E-state index in [1.54, 1.807) is 13.0 Å². The summed E-state index contributed by atoms with van der Waals surface area (Å²) in [5, 5.41) is 7.58. The molecule has 0 atom stereocenters. The van der Waals surface area contributed by atoms with Gasteiger partial charge < -0.3 is 4.74 Å². The minimum absolute atomic E-state index is 0.220. The second-order valence-corrected chi connectivity index (χ2v) is 3.78. The topological polar surface area (TPSA) is 33.1 Å². The van der Waals surface area contributed by atoms with Gasteiger partial charge in [-0.05, 0) is 37.3 Å². The smallest absolute Gasteiger partial charge is 0.416 e. The van der Waals surface area contributed by atoms with Gasteiger partial charge in [0, 0.05) is 11.4 Å². The van der Waals surface area contributed by atoms with Gasteiger partial charge in [0.05, 0.1) is 5.56 Å². The Hall–Kier alpha value is -1.49. The Morgan fingerprint density at radius 1 is 1.33 bits per heavy atom. The number of alkyl halides is 4. The molecule has 1 N–H and O–H groups in total. The number of hydrogen-bond acceptors (Lipinski definition) is 2. The molecule has 18 heavy (non-hydrogen) atoms. The monoisotopic (exact) mass is 277 g/mol. The highest BCUT2D eigenvalue weighted by Gasteiger charge is 2.30. The first kappa shape index (κ1) is 14.6. The highest BCUT2D eigenvalue weighted by molar-refractivity contribution is 6.18. The predicted molar refractivity (Wildman–Crippen MR) is 63.8 cm³/mol. The molecule has 0 fully saturated rings. The van der Waals surface area contributed by atoms with E-state index in [1.807, 2.05) is 0 Å². The zero-order chi connectivity index (χ0) is 13.8. The number of benzene rings is 1. The van der Waals surface area contributed by atoms with Crippen molar-refractivity contribution >= 4 is 17.5 Å². The fourth-order valence-electron chi connectivity index (χ4n) is 1.18. The quantitative estimate of drug-likeness (QED) is 0.382. The first-order valence-electron chi connectivity index (χ1n) is 5.01. The van der Waals surface area contributed by atoms with Crippen LogP contribution in [0.15, 0.2) is 36.1 Å². The molecule has 0 amide bonds. The molecule has 98 valence electrons. The molecular weight excluding hydrogens is 267 g/mol. The van der Waals surface area contributed by atoms with Gasteiger partial charge >= 0.3 is 6.18 Å². The molecule has 0 spiro atoms. The number of rotatable bonds is 3. The first-order chi connectivity index (χ1) is 8.34. The summed E-state index contributed by atoms with van der Waals surface area (Å²) in [7, 11) is 0. The highest BCUT2D eigenvalue weighted by Crippen LogP contribution is 2.29. The Morgan fingerprint density at radius 2 is 1.89 bits per heavy atom. The Kier molecular flexibility index (Phi) is 4.78. The fourth-order valence-corrected chi connectivity index (χ4v) is 1.40. The van der Waals surface area contributed by atoms with Gasteiger partial charge in [-0.15, -0.1) is 11.6 Å². The molecule has 0 bridgehead atoms. The number of nitrogens with one attached hydrogen (secondary N) is 1. The molecule has 2 nitrogen and oxygen atoms in total. The van der Waals surface area contributed by atoms with Crippen LogP contribution in [0.5, 0.6) is 0 Å². The van der Waals surface area contributed by atoms with E-state index in [9.17, 15) is 13.2 Å². The summed E-state index contributed by atoms with van der Waals surface area (Å²) in [6.07, 6.45) is -2.82. The van der Waals surface area contributed by atoms with E-state index in [-0.39, 0.29) is 17.3 Å². The number of hydrogen-bond donors (Lipinski definition) is 1. The van der Waals surface area contributed by atoms with Crippen LogP contribution >= 0.6 is 11.6 Å². The zero-order valence-electron chi connectivity index (χ0n) is 9.51. The maximum atomic E-state index is 12.3. The van der Waals surface area contributed by atoms with Gasteiger partial charge in [0.2, 0.25) is 5.90 Å². The van der Waals surface area contributed by atoms with Gasteiger partial charge in [-0.25, -0.2) is 0 Å². The molecule has 0 aliphatic rings. The summed E-state index contributed by atoms with van der Waals surface area (Å²) in [6, 6.07) is 4.21. The third-order valence-electron chi connectivity index (χ3n) is 2.10. The number of halogens is 4. The Bertz CT molecular complexity index is 451. The molecule has 0 saturated carbocycles. The van der Waals surface area contributed by atoms with Crippen LogP contribution in [0.4, 0.5) is 13.2 Å². The van der Waals surface area contributed by atoms with Gasteiger partial charge in [-0.3, -0.25) is 5.41 Å². The molecule has 1 aromatic rings. The number of ether oxygens (including phenoxy) is 1. The highest BCUT2D eigenvalue weighted by atomic mass is 35.5. The maximum Gasteiger partial charge on any atom is 0.416 e. The van der Waals surface area contributed by atoms with E-state index in [4.69, 9.17) is 21.7 Å². The fraction of sp³-hybridized carbons (Fsp3) is 0.250. The van der Waals surface area contributed by atoms with Crippen molar-refractivity contribution in [3.8, 4) is 0 Å². The van der Waals surface area contributed by atoms with Gasteiger partial charge in [0.15, 0.2) is 0 Å². The molecule has 0 aliphatic heterocycles. The standard InChI is InChI=1S/C12H11ClF3NO/c1-8(6-7-13)18-11(17)9-2-4-10(5-3-9)12(14,15)16/h2-6,17H,7H2,1H3/b8-6+,17-11?. The normalized spacial score (nSPS) is 12.4. The third kappa shape index (κ3) is 4.07. The average Bonchev–Trinajstić information content (AvgIpc) is 2.28. The van der Waals surface area contributed by atoms with Crippen molar-refractivity contribution < 1.29 is 17.9 Å². The van der Waals surface area contributed by atoms with Gasteiger partial charge in [-0.2, -0.15) is 13.2 Å². The summed E-state index contributed by atoms with van der Waals surface area (Å²) >= 11 is 5.44. The lowest BCUT2D eigenvalue weighted by molar-refractivity contribution is -0.137. The first-order valence-corrected chi connectivity index (χ1v) is 5.55. The summed E-state index contributed by atoms with van der Waals surface area (Å²) in [6.45, 7) is 1.61. The summed E-state index contributed by atoms with van der Waals surface area (Å²) in [5.41, 5.74) is -0.489. The molecule has 6 heteroatoms. The van der Waals surface area contributed by atoms with E-state index in [0.29, 0.717) is 5.76 Å². The van der Waals surface area contributed by atoms with Crippen LogP contribution in [0.2, 0.25) is 0 Å². The summed E-state index contributed by atoms with van der Waals surface area (Å²) in [4.78, 5) is 0. The minimum Gasteiger partial charge on any atom is -0.444 e. The molecule has 0 aromatic heterocycles. The molecule has 0 saturated heterocycles. The van der Waals surface area contributed by atoms with E-state index < -0.39 is 11.7 Å². The van der Waals surface area contributed by atoms with E-state index >= 15 is 0 Å². The van der Waals surface area contributed by atoms with Crippen molar-refractivity contribution in [3.05, 3.63) is 47.2 Å². The van der Waals surface area contributed by atoms with Gasteiger partial charge in [0.25, 0.3) is 0 Å². The average molecular weight is 278 g/mol. The van der Waals surface area contributed by atoms with Crippen LogP contribution in [0.25, 0.3) is 0 Å². The molecule has 1 aromatic carbocycles. The molecule has 0 unspecified atom stereocenters. The maximum absolute atomic E-state index is 12.3. The van der Waals surface area contributed by atoms with Crippen LogP contribution in [-0.2, 0) is 10.9 Å². The lowest BCUT2D eigenvalue weighted by atomic mass is 10.1. The zero-order valence-corrected chi connectivity index (χ0v) is 10.3. The van der Waals surface area contributed by atoms with Crippen LogP contribution in [0.1, 0.15) is 18.1 Å². The van der Waals surface area contributed by atoms with Crippen molar-refractivity contribution in [3.63, 3.8) is 0 Å². The van der Waals surface area contributed by atoms with Gasteiger partial charge in [0.1, 0.15) is 5.76 Å². The predicted octanol–water partition coefficient (Wildman–Crippen LogP) is 4.19. The Balaban J connectivity index is 2.80. The largest absolute Gasteiger partial charge is 0.444 e. The minimum atomic E-state index is -4.38. The van der Waals surface area contributed by atoms with Crippen LogP contribution < -0.4 is 0 Å². The van der Waals surface area contributed by atoms with Crippen molar-refractivity contribution in [2.75, 3.05) is 5.88 Å². The second kappa shape index (κ2) is 5.91. The molecule has 0 radical (unpaired) electrons. The van der Waals surface area contributed by atoms with Crippen LogP contribution in [0, 0.1) is 5.41 Å². The molecule has 1 rings (SSSR count). The lowest BCUT2D eigenvalue weighted by Crippen LogP contribution is -2.07. The molecule has 0 heterocycles. The van der Waals surface area contributed by atoms with Crippen molar-refractivity contribution in [1.29, 1.82) is 5.41 Å². The Morgan fingerprint density at radius 3 is 2.33 bits per heavy atom. The van der Waals surface area contributed by atoms with Crippen LogP contribution in [-0.4, -0.2) is 11.8 Å². The SMILES string of the molecule is C/C(=C\CCl)OC(=N)c1ccc(C(F)(F)F)cc1. The summed E-state index contributed by atoms with van der Waals surface area (Å²) < 4.78 is 42.0. The Labute approximate surface area is 108 Å². The third-order valence-corrected chi connectivity index (χ3v) is 2.26. The van der Waals surface area contributed by atoms with E-state index in [2.05, 4.69) is 0 Å². The lowest BCUT2D eigenvalue weighted by Gasteiger charge is -2.09. The van der Waals surface area contributed by atoms with Gasteiger partial charge in [-0.1, -0.05) is 0 Å². The summed E-state index contributed by atoms with van der Waals surface area (Å²) in [5.74, 6) is 0.448. The number of allylic oxidation sites excluding steroid dienone is 2. The van der Waals surface area contributed by atoms with E-state index in [1.165, 1.54) is 12.1 Å². The molecular formula is C12H11ClF3NO. The molecule has 0 aliphatic carbocycles. The van der Waals surface area contributed by atoms with E-state index in [0.717, 1.165) is 12.1 Å².